The second-order valence-corrected chi connectivity index (χ2v) is 6.61. The topological polar surface area (TPSA) is 54.7 Å². The summed E-state index contributed by atoms with van der Waals surface area (Å²) in [6.07, 6.45) is 3.91. The van der Waals surface area contributed by atoms with Crippen molar-refractivity contribution in [3.63, 3.8) is 0 Å². The van der Waals surface area contributed by atoms with Gasteiger partial charge in [0, 0.05) is 44.6 Å². The lowest BCUT2D eigenvalue weighted by atomic mass is 10.1. The first-order valence-electron chi connectivity index (χ1n) is 8.67. The summed E-state index contributed by atoms with van der Waals surface area (Å²) >= 11 is 0. The molecule has 2 aromatic heterocycles. The maximum atomic E-state index is 5.42. The fourth-order valence-electron chi connectivity index (χ4n) is 3.14. The summed E-state index contributed by atoms with van der Waals surface area (Å²) in [4.78, 5) is 6.59. The van der Waals surface area contributed by atoms with Gasteiger partial charge in [0.15, 0.2) is 5.65 Å². The van der Waals surface area contributed by atoms with Crippen LogP contribution in [0.3, 0.4) is 0 Å². The summed E-state index contributed by atoms with van der Waals surface area (Å²) in [5, 5.41) is 8.29. The molecule has 1 aliphatic heterocycles. The lowest BCUT2D eigenvalue weighted by Gasteiger charge is -2.23. The Bertz CT molecular complexity index is 867. The third kappa shape index (κ3) is 3.30. The van der Waals surface area contributed by atoms with Gasteiger partial charge in [0.25, 0.3) is 0 Å². The molecule has 0 radical (unpaired) electrons. The minimum atomic E-state index is 0.419. The Labute approximate surface area is 147 Å². The second-order valence-electron chi connectivity index (χ2n) is 6.61. The number of rotatable bonds is 4. The predicted octanol–water partition coefficient (Wildman–Crippen LogP) is 3.05. The first-order valence-corrected chi connectivity index (χ1v) is 8.67. The number of ether oxygens (including phenoxy) is 1. The van der Waals surface area contributed by atoms with Gasteiger partial charge in [-0.1, -0.05) is 12.1 Å². The van der Waals surface area contributed by atoms with Crippen LogP contribution in [0.15, 0.2) is 42.6 Å². The van der Waals surface area contributed by atoms with Crippen molar-refractivity contribution < 1.29 is 4.74 Å². The average Bonchev–Trinajstić information content (AvgIpc) is 3.06. The number of hydrogen-bond acceptors (Lipinski definition) is 5. The van der Waals surface area contributed by atoms with Crippen molar-refractivity contribution in [1.29, 1.82) is 0 Å². The molecule has 1 saturated heterocycles. The van der Waals surface area contributed by atoms with E-state index in [1.807, 2.05) is 36.9 Å². The van der Waals surface area contributed by atoms with Crippen molar-refractivity contribution in [2.24, 2.45) is 0 Å². The molecule has 0 amide bonds. The molecule has 25 heavy (non-hydrogen) atoms. The number of benzene rings is 1. The van der Waals surface area contributed by atoms with E-state index in [0.717, 1.165) is 54.5 Å². The number of anilines is 2. The molecule has 6 nitrogen and oxygen atoms in total. The maximum Gasteiger partial charge on any atom is 0.154 e. The van der Waals surface area contributed by atoms with Crippen LogP contribution in [0.1, 0.15) is 12.8 Å². The third-order valence-electron chi connectivity index (χ3n) is 4.59. The number of nitrogens with zero attached hydrogens (tertiary/aromatic N) is 4. The number of fused-ring (bicyclic) bond motifs is 1. The monoisotopic (exact) mass is 337 g/mol. The Balaban J connectivity index is 1.67. The number of hydrogen-bond donors (Lipinski definition) is 1. The van der Waals surface area contributed by atoms with Gasteiger partial charge in [0.05, 0.1) is 11.9 Å². The summed E-state index contributed by atoms with van der Waals surface area (Å²) in [5.41, 5.74) is 4.11. The molecular formula is C19H23N5O. The SMILES string of the molecule is CN(C)c1cccc(-c2cnc3ccc(NC4CCOCC4)nn23)c1. The Morgan fingerprint density at radius 3 is 2.80 bits per heavy atom. The largest absolute Gasteiger partial charge is 0.381 e. The quantitative estimate of drug-likeness (QED) is 0.793. The molecule has 1 N–H and O–H groups in total. The normalized spacial score (nSPS) is 15.4. The highest BCUT2D eigenvalue weighted by atomic mass is 16.5. The van der Waals surface area contributed by atoms with Crippen LogP contribution in [-0.2, 0) is 4.74 Å². The number of nitrogens with one attached hydrogen (secondary N) is 1. The van der Waals surface area contributed by atoms with E-state index in [0.29, 0.717) is 6.04 Å². The van der Waals surface area contributed by atoms with Crippen molar-refractivity contribution in [2.75, 3.05) is 37.5 Å². The molecule has 130 valence electrons. The van der Waals surface area contributed by atoms with E-state index in [2.05, 4.69) is 39.5 Å². The van der Waals surface area contributed by atoms with Crippen LogP contribution in [-0.4, -0.2) is 47.9 Å². The molecule has 6 heteroatoms. The fraction of sp³-hybridized carbons (Fsp3) is 0.368. The maximum absolute atomic E-state index is 5.42. The minimum Gasteiger partial charge on any atom is -0.381 e. The zero-order valence-electron chi connectivity index (χ0n) is 14.6. The first-order chi connectivity index (χ1) is 12.2. The van der Waals surface area contributed by atoms with E-state index in [1.54, 1.807) is 0 Å². The molecule has 1 fully saturated rings. The van der Waals surface area contributed by atoms with Crippen molar-refractivity contribution in [1.82, 2.24) is 14.6 Å². The molecule has 1 aliphatic rings. The molecule has 1 aromatic carbocycles. The summed E-state index contributed by atoms with van der Waals surface area (Å²) in [5.74, 6) is 0.877. The van der Waals surface area contributed by atoms with E-state index in [9.17, 15) is 0 Å². The van der Waals surface area contributed by atoms with Gasteiger partial charge < -0.3 is 15.0 Å². The second kappa shape index (κ2) is 6.72. The van der Waals surface area contributed by atoms with Gasteiger partial charge in [-0.2, -0.15) is 0 Å². The van der Waals surface area contributed by atoms with Crippen LogP contribution in [0, 0.1) is 0 Å². The third-order valence-corrected chi connectivity index (χ3v) is 4.59. The highest BCUT2D eigenvalue weighted by Gasteiger charge is 2.15. The fourth-order valence-corrected chi connectivity index (χ4v) is 3.14. The Hall–Kier alpha value is -2.60. The van der Waals surface area contributed by atoms with Crippen LogP contribution in [0.4, 0.5) is 11.5 Å². The van der Waals surface area contributed by atoms with E-state index in [-0.39, 0.29) is 0 Å². The van der Waals surface area contributed by atoms with Crippen LogP contribution in [0.25, 0.3) is 16.9 Å². The van der Waals surface area contributed by atoms with Gasteiger partial charge in [-0.05, 0) is 37.1 Å². The van der Waals surface area contributed by atoms with Crippen LogP contribution in [0.5, 0.6) is 0 Å². The first kappa shape index (κ1) is 15.9. The van der Waals surface area contributed by atoms with Crippen molar-refractivity contribution >= 4 is 17.2 Å². The summed E-state index contributed by atoms with van der Waals surface area (Å²) in [6.45, 7) is 1.63. The van der Waals surface area contributed by atoms with E-state index in [1.165, 1.54) is 0 Å². The van der Waals surface area contributed by atoms with Gasteiger partial charge in [-0.15, -0.1) is 5.10 Å². The summed E-state index contributed by atoms with van der Waals surface area (Å²) < 4.78 is 7.34. The Kier molecular flexibility index (Phi) is 4.28. The zero-order valence-corrected chi connectivity index (χ0v) is 14.6. The molecule has 0 saturated carbocycles. The summed E-state index contributed by atoms with van der Waals surface area (Å²) in [7, 11) is 4.09. The highest BCUT2D eigenvalue weighted by molar-refractivity contribution is 5.68. The lowest BCUT2D eigenvalue weighted by molar-refractivity contribution is 0.0903. The molecular weight excluding hydrogens is 314 g/mol. The predicted molar refractivity (Wildman–Crippen MR) is 100 cm³/mol. The lowest BCUT2D eigenvalue weighted by Crippen LogP contribution is -2.28. The summed E-state index contributed by atoms with van der Waals surface area (Å²) in [6, 6.07) is 12.8. The molecule has 3 heterocycles. The van der Waals surface area contributed by atoms with Crippen molar-refractivity contribution in [3.05, 3.63) is 42.6 Å². The molecule has 0 atom stereocenters. The van der Waals surface area contributed by atoms with Crippen LogP contribution >= 0.6 is 0 Å². The smallest absolute Gasteiger partial charge is 0.154 e. The molecule has 0 aliphatic carbocycles. The highest BCUT2D eigenvalue weighted by Crippen LogP contribution is 2.25. The van der Waals surface area contributed by atoms with Gasteiger partial charge >= 0.3 is 0 Å². The number of aromatic nitrogens is 3. The molecule has 4 rings (SSSR count). The van der Waals surface area contributed by atoms with Gasteiger partial charge in [0.1, 0.15) is 5.82 Å². The Morgan fingerprint density at radius 2 is 2.00 bits per heavy atom. The van der Waals surface area contributed by atoms with E-state index in [4.69, 9.17) is 9.84 Å². The van der Waals surface area contributed by atoms with Gasteiger partial charge in [-0.3, -0.25) is 0 Å². The standard InChI is InChI=1S/C19H23N5O/c1-23(2)16-5-3-4-14(12-16)17-13-20-19-7-6-18(22-24(17)19)21-15-8-10-25-11-9-15/h3-7,12-13,15H,8-11H2,1-2H3,(H,21,22). The van der Waals surface area contributed by atoms with E-state index < -0.39 is 0 Å². The van der Waals surface area contributed by atoms with Crippen LogP contribution in [0.2, 0.25) is 0 Å². The van der Waals surface area contributed by atoms with Crippen molar-refractivity contribution in [2.45, 2.75) is 18.9 Å². The van der Waals surface area contributed by atoms with Crippen molar-refractivity contribution in [3.8, 4) is 11.3 Å². The molecule has 0 unspecified atom stereocenters. The average molecular weight is 337 g/mol. The van der Waals surface area contributed by atoms with E-state index >= 15 is 0 Å². The Morgan fingerprint density at radius 1 is 1.16 bits per heavy atom. The van der Waals surface area contributed by atoms with Gasteiger partial charge in [0.2, 0.25) is 0 Å². The molecule has 0 spiro atoms. The van der Waals surface area contributed by atoms with Gasteiger partial charge in [-0.25, -0.2) is 9.50 Å². The number of imidazole rings is 1. The minimum absolute atomic E-state index is 0.419. The van der Waals surface area contributed by atoms with Crippen LogP contribution < -0.4 is 10.2 Å². The zero-order chi connectivity index (χ0) is 17.2. The molecule has 0 bridgehead atoms. The molecule has 3 aromatic rings.